The molecular weight excluding hydrogens is 268 g/mol. The van der Waals surface area contributed by atoms with Crippen molar-refractivity contribution in [3.63, 3.8) is 0 Å². The predicted octanol–water partition coefficient (Wildman–Crippen LogP) is 0.369. The fourth-order valence-corrected chi connectivity index (χ4v) is 1.44. The van der Waals surface area contributed by atoms with Gasteiger partial charge in [-0.3, -0.25) is 4.55 Å². The van der Waals surface area contributed by atoms with Crippen molar-refractivity contribution in [3.05, 3.63) is 17.7 Å². The number of hydrogen-bond donors (Lipinski definition) is 2. The van der Waals surface area contributed by atoms with Gasteiger partial charge in [0.1, 0.15) is 0 Å². The topological polar surface area (TPSA) is 119 Å². The van der Waals surface area contributed by atoms with Crippen molar-refractivity contribution in [1.82, 2.24) is 0 Å². The molecule has 0 spiro atoms. The Morgan fingerprint density at radius 1 is 1.17 bits per heavy atom. The second kappa shape index (κ2) is 5.10. The molecular formula is C9H10O8S. The van der Waals surface area contributed by atoms with Crippen molar-refractivity contribution >= 4 is 16.4 Å². The molecule has 0 aliphatic rings. The SMILES string of the molecule is COc1cc(C(=O)OS(=O)(=O)O)cc(OC)c1O. The number of ether oxygens (including phenoxy) is 2. The second-order valence-electron chi connectivity index (χ2n) is 3.03. The maximum Gasteiger partial charge on any atom is 0.449 e. The maximum atomic E-state index is 11.4. The number of phenols is 1. The quantitative estimate of drug-likeness (QED) is 0.758. The summed E-state index contributed by atoms with van der Waals surface area (Å²) in [5.41, 5.74) is -0.279. The molecule has 0 saturated carbocycles. The Kier molecular flexibility index (Phi) is 3.99. The number of hydrogen-bond acceptors (Lipinski definition) is 7. The van der Waals surface area contributed by atoms with Gasteiger partial charge in [0.15, 0.2) is 11.5 Å². The second-order valence-corrected chi connectivity index (χ2v) is 4.05. The van der Waals surface area contributed by atoms with Gasteiger partial charge in [-0.2, -0.15) is 8.42 Å². The van der Waals surface area contributed by atoms with Gasteiger partial charge in [-0.25, -0.2) is 4.79 Å². The molecule has 0 saturated heterocycles. The molecule has 0 radical (unpaired) electrons. The molecule has 18 heavy (non-hydrogen) atoms. The first-order chi connectivity index (χ1) is 8.28. The van der Waals surface area contributed by atoms with Crippen LogP contribution in [0.25, 0.3) is 0 Å². The van der Waals surface area contributed by atoms with Crippen LogP contribution < -0.4 is 9.47 Å². The molecule has 0 aromatic heterocycles. The smallest absolute Gasteiger partial charge is 0.449 e. The van der Waals surface area contributed by atoms with Crippen LogP contribution in [0.4, 0.5) is 0 Å². The lowest BCUT2D eigenvalue weighted by molar-refractivity contribution is 0.0726. The van der Waals surface area contributed by atoms with Crippen LogP contribution in [0.15, 0.2) is 12.1 Å². The lowest BCUT2D eigenvalue weighted by Gasteiger charge is -2.10. The Morgan fingerprint density at radius 3 is 1.94 bits per heavy atom. The fourth-order valence-electron chi connectivity index (χ4n) is 1.16. The van der Waals surface area contributed by atoms with E-state index in [1.807, 2.05) is 0 Å². The van der Waals surface area contributed by atoms with E-state index in [1.165, 1.54) is 14.2 Å². The van der Waals surface area contributed by atoms with Crippen LogP contribution in [-0.2, 0) is 14.6 Å². The molecule has 0 bridgehead atoms. The number of rotatable bonds is 4. The minimum Gasteiger partial charge on any atom is -0.502 e. The van der Waals surface area contributed by atoms with Crippen LogP contribution in [0.1, 0.15) is 10.4 Å². The van der Waals surface area contributed by atoms with E-state index in [1.54, 1.807) is 0 Å². The minimum absolute atomic E-state index is 0.114. The zero-order valence-electron chi connectivity index (χ0n) is 9.41. The van der Waals surface area contributed by atoms with Gasteiger partial charge in [-0.1, -0.05) is 0 Å². The summed E-state index contributed by atoms with van der Waals surface area (Å²) in [5, 5.41) is 9.56. The molecule has 0 heterocycles. The van der Waals surface area contributed by atoms with Crippen molar-refractivity contribution in [2.45, 2.75) is 0 Å². The highest BCUT2D eigenvalue weighted by molar-refractivity contribution is 7.81. The first-order valence-corrected chi connectivity index (χ1v) is 5.81. The molecule has 8 nitrogen and oxygen atoms in total. The number of benzene rings is 1. The van der Waals surface area contributed by atoms with Crippen LogP contribution in [0.5, 0.6) is 17.2 Å². The van der Waals surface area contributed by atoms with Crippen LogP contribution in [0.2, 0.25) is 0 Å². The molecule has 1 aromatic carbocycles. The molecule has 0 amide bonds. The van der Waals surface area contributed by atoms with Gasteiger partial charge in [0.25, 0.3) is 0 Å². The monoisotopic (exact) mass is 278 g/mol. The lowest BCUT2D eigenvalue weighted by Crippen LogP contribution is -2.12. The van der Waals surface area contributed by atoms with Crippen LogP contribution in [0.3, 0.4) is 0 Å². The third kappa shape index (κ3) is 3.25. The molecule has 0 aliphatic carbocycles. The van der Waals surface area contributed by atoms with E-state index in [0.717, 1.165) is 12.1 Å². The number of methoxy groups -OCH3 is 2. The van der Waals surface area contributed by atoms with Gasteiger partial charge in [-0.15, -0.1) is 0 Å². The molecule has 2 N–H and O–H groups in total. The van der Waals surface area contributed by atoms with Gasteiger partial charge in [0, 0.05) is 0 Å². The van der Waals surface area contributed by atoms with Crippen molar-refractivity contribution in [2.75, 3.05) is 14.2 Å². The van der Waals surface area contributed by atoms with Crippen molar-refractivity contribution in [3.8, 4) is 17.2 Å². The van der Waals surface area contributed by atoms with Gasteiger partial charge >= 0.3 is 16.4 Å². The highest BCUT2D eigenvalue weighted by Crippen LogP contribution is 2.37. The van der Waals surface area contributed by atoms with Gasteiger partial charge in [-0.05, 0) is 12.1 Å². The van der Waals surface area contributed by atoms with Crippen LogP contribution >= 0.6 is 0 Å². The maximum absolute atomic E-state index is 11.4. The van der Waals surface area contributed by atoms with Crippen molar-refractivity contribution in [1.29, 1.82) is 0 Å². The van der Waals surface area contributed by atoms with E-state index >= 15 is 0 Å². The van der Waals surface area contributed by atoms with E-state index in [0.29, 0.717) is 0 Å². The Balaban J connectivity index is 3.21. The normalized spacial score (nSPS) is 10.8. The average molecular weight is 278 g/mol. The summed E-state index contributed by atoms with van der Waals surface area (Å²) in [7, 11) is -2.46. The highest BCUT2D eigenvalue weighted by atomic mass is 32.3. The van der Waals surface area contributed by atoms with E-state index in [4.69, 9.17) is 14.0 Å². The molecule has 0 fully saturated rings. The predicted molar refractivity (Wildman–Crippen MR) is 58.2 cm³/mol. The van der Waals surface area contributed by atoms with Gasteiger partial charge < -0.3 is 18.8 Å². The first kappa shape index (κ1) is 14.1. The van der Waals surface area contributed by atoms with E-state index in [9.17, 15) is 18.3 Å². The first-order valence-electron chi connectivity index (χ1n) is 4.44. The molecule has 0 atom stereocenters. The lowest BCUT2D eigenvalue weighted by atomic mass is 10.2. The Labute approximate surface area is 103 Å². The van der Waals surface area contributed by atoms with E-state index in [-0.39, 0.29) is 22.8 Å². The van der Waals surface area contributed by atoms with Gasteiger partial charge in [0.2, 0.25) is 5.75 Å². The molecule has 100 valence electrons. The van der Waals surface area contributed by atoms with Gasteiger partial charge in [0.05, 0.1) is 19.8 Å². The number of phenolic OH excluding ortho intramolecular Hbond substituents is 1. The van der Waals surface area contributed by atoms with E-state index < -0.39 is 16.4 Å². The molecule has 1 aromatic rings. The zero-order valence-corrected chi connectivity index (χ0v) is 10.2. The molecule has 9 heteroatoms. The van der Waals surface area contributed by atoms with Crippen LogP contribution in [-0.4, -0.2) is 38.3 Å². The summed E-state index contributed by atoms with van der Waals surface area (Å²) in [6, 6.07) is 2.07. The zero-order chi connectivity index (χ0) is 13.9. The molecule has 1 rings (SSSR count). The minimum atomic E-state index is -4.91. The molecule has 0 unspecified atom stereocenters. The largest absolute Gasteiger partial charge is 0.502 e. The average Bonchev–Trinajstić information content (AvgIpc) is 2.27. The van der Waals surface area contributed by atoms with E-state index in [2.05, 4.69) is 4.18 Å². The Bertz CT molecular complexity index is 537. The fraction of sp³-hybridized carbons (Fsp3) is 0.222. The standard InChI is InChI=1S/C9H10O8S/c1-15-6-3-5(4-7(16-2)8(6)10)9(11)17-18(12,13)14/h3-4,10H,1-2H3,(H,12,13,14). The third-order valence-corrected chi connectivity index (χ3v) is 2.26. The summed E-state index contributed by atoms with van der Waals surface area (Å²) < 4.78 is 42.4. The van der Waals surface area contributed by atoms with Crippen molar-refractivity contribution < 1.29 is 36.5 Å². The van der Waals surface area contributed by atoms with Crippen molar-refractivity contribution in [2.24, 2.45) is 0 Å². The summed E-state index contributed by atoms with van der Waals surface area (Å²) in [6.07, 6.45) is 0. The Morgan fingerprint density at radius 2 is 1.61 bits per heavy atom. The molecule has 0 aliphatic heterocycles. The van der Waals surface area contributed by atoms with Crippen LogP contribution in [0, 0.1) is 0 Å². The summed E-state index contributed by atoms with van der Waals surface area (Å²) in [5.74, 6) is -1.93. The summed E-state index contributed by atoms with van der Waals surface area (Å²) in [6.45, 7) is 0. The Hall–Kier alpha value is -2.00. The number of carbonyl (C=O) groups is 1. The summed E-state index contributed by atoms with van der Waals surface area (Å²) in [4.78, 5) is 11.4. The third-order valence-electron chi connectivity index (χ3n) is 1.90. The number of carbonyl (C=O) groups excluding carboxylic acids is 1. The summed E-state index contributed by atoms with van der Waals surface area (Å²) >= 11 is 0. The number of aromatic hydroxyl groups is 1. The highest BCUT2D eigenvalue weighted by Gasteiger charge is 2.20.